The zero-order valence-electron chi connectivity index (χ0n) is 14.8. The molecule has 1 aliphatic carbocycles. The van der Waals surface area contributed by atoms with Crippen LogP contribution in [0, 0.1) is 5.41 Å². The highest BCUT2D eigenvalue weighted by Gasteiger charge is 2.46. The van der Waals surface area contributed by atoms with E-state index in [1.54, 1.807) is 0 Å². The van der Waals surface area contributed by atoms with Crippen LogP contribution in [-0.4, -0.2) is 67.2 Å². The maximum atomic E-state index is 12.1. The van der Waals surface area contributed by atoms with Crippen LogP contribution in [0.25, 0.3) is 0 Å². The molecule has 1 saturated heterocycles. The van der Waals surface area contributed by atoms with Crippen LogP contribution in [0.2, 0.25) is 0 Å². The number of rotatable bonds is 6. The third-order valence-electron chi connectivity index (χ3n) is 4.75. The molecule has 1 heterocycles. The number of carbonyl (C=O) groups excluding carboxylic acids is 1. The monoisotopic (exact) mass is 328 g/mol. The Morgan fingerprint density at radius 1 is 1.26 bits per heavy atom. The lowest BCUT2D eigenvalue weighted by molar-refractivity contribution is -0.0174. The average Bonchev–Trinajstić information content (AvgIpc) is 2.44. The molecule has 0 atom stereocenters. The van der Waals surface area contributed by atoms with Crippen molar-refractivity contribution in [2.75, 3.05) is 39.5 Å². The summed E-state index contributed by atoms with van der Waals surface area (Å²) in [5.74, 6) is 0. The zero-order valence-corrected chi connectivity index (χ0v) is 14.8. The maximum absolute atomic E-state index is 12.1. The van der Waals surface area contributed by atoms with E-state index in [2.05, 4.69) is 5.32 Å². The van der Waals surface area contributed by atoms with Crippen molar-refractivity contribution in [2.45, 2.75) is 58.1 Å². The van der Waals surface area contributed by atoms with Gasteiger partial charge in [0.1, 0.15) is 5.60 Å². The van der Waals surface area contributed by atoms with E-state index in [4.69, 9.17) is 14.6 Å². The Bertz CT molecular complexity index is 379. The molecular formula is C17H32N2O4. The van der Waals surface area contributed by atoms with Crippen LogP contribution in [-0.2, 0) is 9.47 Å². The largest absolute Gasteiger partial charge is 0.444 e. The van der Waals surface area contributed by atoms with E-state index in [0.29, 0.717) is 24.7 Å². The summed E-state index contributed by atoms with van der Waals surface area (Å²) in [7, 11) is 0. The van der Waals surface area contributed by atoms with Gasteiger partial charge in [0.2, 0.25) is 0 Å². The van der Waals surface area contributed by atoms with Gasteiger partial charge in [-0.25, -0.2) is 4.79 Å². The topological polar surface area (TPSA) is 71.0 Å². The molecule has 0 aromatic heterocycles. The van der Waals surface area contributed by atoms with Gasteiger partial charge in [-0.15, -0.1) is 0 Å². The lowest BCUT2D eigenvalue weighted by Crippen LogP contribution is -2.55. The lowest BCUT2D eigenvalue weighted by atomic mass is 9.60. The minimum atomic E-state index is -0.421. The smallest absolute Gasteiger partial charge is 0.410 e. The number of carbonyl (C=O) groups is 1. The van der Waals surface area contributed by atoms with Crippen molar-refractivity contribution in [2.24, 2.45) is 5.41 Å². The Balaban J connectivity index is 1.61. The molecule has 134 valence electrons. The first-order chi connectivity index (χ1) is 10.8. The van der Waals surface area contributed by atoms with Gasteiger partial charge in [-0.05, 0) is 51.9 Å². The molecule has 2 N–H and O–H groups in total. The molecule has 6 nitrogen and oxygen atoms in total. The van der Waals surface area contributed by atoms with Gasteiger partial charge in [0.25, 0.3) is 0 Å². The average molecular weight is 328 g/mol. The fourth-order valence-electron chi connectivity index (χ4n) is 3.53. The molecule has 1 spiro atoms. The number of hydrogen-bond acceptors (Lipinski definition) is 5. The van der Waals surface area contributed by atoms with Crippen LogP contribution in [0.3, 0.4) is 0 Å². The van der Waals surface area contributed by atoms with Crippen molar-refractivity contribution in [3.8, 4) is 0 Å². The second-order valence-electron chi connectivity index (χ2n) is 7.86. The van der Waals surface area contributed by atoms with Crippen molar-refractivity contribution in [3.05, 3.63) is 0 Å². The van der Waals surface area contributed by atoms with E-state index in [0.717, 1.165) is 32.5 Å². The fourth-order valence-corrected chi connectivity index (χ4v) is 3.53. The molecule has 0 unspecified atom stereocenters. The number of nitrogens with one attached hydrogen (secondary N) is 1. The van der Waals surface area contributed by atoms with Crippen LogP contribution in [0.15, 0.2) is 0 Å². The second-order valence-corrected chi connectivity index (χ2v) is 7.86. The predicted octanol–water partition coefficient (Wildman–Crippen LogP) is 1.76. The third-order valence-corrected chi connectivity index (χ3v) is 4.75. The molecule has 0 aromatic rings. The van der Waals surface area contributed by atoms with Crippen molar-refractivity contribution >= 4 is 6.09 Å². The highest BCUT2D eigenvalue weighted by atomic mass is 16.6. The van der Waals surface area contributed by atoms with E-state index < -0.39 is 5.60 Å². The number of aliphatic hydroxyl groups excluding tert-OH is 1. The summed E-state index contributed by atoms with van der Waals surface area (Å²) in [6.45, 7) is 9.32. The first-order valence-electron chi connectivity index (χ1n) is 8.73. The number of amides is 1. The summed E-state index contributed by atoms with van der Waals surface area (Å²) in [5.41, 5.74) is -0.00205. The van der Waals surface area contributed by atoms with Crippen molar-refractivity contribution in [1.29, 1.82) is 0 Å². The second kappa shape index (κ2) is 7.81. The number of ether oxygens (including phenoxy) is 2. The number of aliphatic hydroxyl groups is 1. The Morgan fingerprint density at radius 3 is 2.48 bits per heavy atom. The highest BCUT2D eigenvalue weighted by molar-refractivity contribution is 5.68. The number of likely N-dealkylation sites (tertiary alicyclic amines) is 1. The number of piperidine rings is 1. The van der Waals surface area contributed by atoms with Gasteiger partial charge < -0.3 is 24.8 Å². The first kappa shape index (κ1) is 18.5. The summed E-state index contributed by atoms with van der Waals surface area (Å²) in [6.07, 6.45) is 4.35. The van der Waals surface area contributed by atoms with Gasteiger partial charge in [0.05, 0.1) is 19.8 Å². The van der Waals surface area contributed by atoms with E-state index in [1.807, 2.05) is 25.7 Å². The molecular weight excluding hydrogens is 296 g/mol. The van der Waals surface area contributed by atoms with E-state index >= 15 is 0 Å². The SMILES string of the molecule is CC(C)(C)OC(=O)N1CCC2(CC1)CC(NCCOCCO)C2. The molecule has 1 amide bonds. The number of nitrogens with zero attached hydrogens (tertiary/aromatic N) is 1. The van der Waals surface area contributed by atoms with Crippen LogP contribution in [0.5, 0.6) is 0 Å². The lowest BCUT2D eigenvalue weighted by Gasteiger charge is -2.52. The fraction of sp³-hybridized carbons (Fsp3) is 0.941. The van der Waals surface area contributed by atoms with Crippen molar-refractivity contribution in [3.63, 3.8) is 0 Å². The highest BCUT2D eigenvalue weighted by Crippen LogP contribution is 2.49. The van der Waals surface area contributed by atoms with Crippen LogP contribution in [0.4, 0.5) is 4.79 Å². The summed E-state index contributed by atoms with van der Waals surface area (Å²) < 4.78 is 10.7. The minimum Gasteiger partial charge on any atom is -0.444 e. The van der Waals surface area contributed by atoms with E-state index in [-0.39, 0.29) is 12.7 Å². The third kappa shape index (κ3) is 5.62. The van der Waals surface area contributed by atoms with Crippen molar-refractivity contribution < 1.29 is 19.4 Å². The Hall–Kier alpha value is -0.850. The number of hydrogen-bond donors (Lipinski definition) is 2. The van der Waals surface area contributed by atoms with E-state index in [1.165, 1.54) is 12.8 Å². The molecule has 2 fully saturated rings. The van der Waals surface area contributed by atoms with Crippen molar-refractivity contribution in [1.82, 2.24) is 10.2 Å². The molecule has 0 bridgehead atoms. The van der Waals surface area contributed by atoms with Gasteiger partial charge in [-0.3, -0.25) is 0 Å². The summed E-state index contributed by atoms with van der Waals surface area (Å²) >= 11 is 0. The van der Waals surface area contributed by atoms with E-state index in [9.17, 15) is 4.79 Å². The summed E-state index contributed by atoms with van der Waals surface area (Å²) in [6, 6.07) is 0.570. The Labute approximate surface area is 139 Å². The molecule has 0 radical (unpaired) electrons. The Morgan fingerprint density at radius 2 is 1.91 bits per heavy atom. The molecule has 23 heavy (non-hydrogen) atoms. The predicted molar refractivity (Wildman–Crippen MR) is 88.4 cm³/mol. The molecule has 6 heteroatoms. The standard InChI is InChI=1S/C17H32N2O4/c1-16(2,3)23-15(21)19-7-4-17(5-8-19)12-14(13-17)18-6-10-22-11-9-20/h14,18,20H,4-13H2,1-3H3. The van der Waals surface area contributed by atoms with Crippen LogP contribution < -0.4 is 5.32 Å². The van der Waals surface area contributed by atoms with Gasteiger partial charge in [0.15, 0.2) is 0 Å². The van der Waals surface area contributed by atoms with Gasteiger partial charge in [-0.1, -0.05) is 0 Å². The molecule has 2 rings (SSSR count). The summed E-state index contributed by atoms with van der Waals surface area (Å²) in [5, 5.41) is 12.1. The van der Waals surface area contributed by atoms with Crippen LogP contribution >= 0.6 is 0 Å². The van der Waals surface area contributed by atoms with Crippen LogP contribution in [0.1, 0.15) is 46.5 Å². The first-order valence-corrected chi connectivity index (χ1v) is 8.73. The summed E-state index contributed by atoms with van der Waals surface area (Å²) in [4.78, 5) is 13.9. The van der Waals surface area contributed by atoms with Gasteiger partial charge in [0, 0.05) is 25.7 Å². The molecule has 2 aliphatic rings. The normalized spacial score (nSPS) is 21.3. The molecule has 1 saturated carbocycles. The molecule has 0 aromatic carbocycles. The zero-order chi connectivity index (χ0) is 16.9. The quantitative estimate of drug-likeness (QED) is 0.727. The Kier molecular flexibility index (Phi) is 6.28. The minimum absolute atomic E-state index is 0.0840. The maximum Gasteiger partial charge on any atom is 0.410 e. The van der Waals surface area contributed by atoms with Gasteiger partial charge in [-0.2, -0.15) is 0 Å². The molecule has 1 aliphatic heterocycles. The van der Waals surface area contributed by atoms with Gasteiger partial charge >= 0.3 is 6.09 Å².